The smallest absolute Gasteiger partial charge is 0.163 e. The van der Waals surface area contributed by atoms with Crippen molar-refractivity contribution in [3.05, 3.63) is 30.9 Å². The SMILES string of the molecule is c1ncc(-c2nc3cc4c(cc3[nH]2)OCCCO4)cn1. The number of H-pyrrole nitrogens is 1. The van der Waals surface area contributed by atoms with Gasteiger partial charge in [0, 0.05) is 30.9 Å². The minimum absolute atomic E-state index is 0.669. The van der Waals surface area contributed by atoms with E-state index >= 15 is 0 Å². The fourth-order valence-electron chi connectivity index (χ4n) is 2.22. The van der Waals surface area contributed by atoms with E-state index in [0.29, 0.717) is 13.2 Å². The molecule has 3 heterocycles. The van der Waals surface area contributed by atoms with Crippen molar-refractivity contribution >= 4 is 11.0 Å². The van der Waals surface area contributed by atoms with Gasteiger partial charge in [0.25, 0.3) is 0 Å². The molecular weight excluding hydrogens is 256 g/mol. The molecule has 1 N–H and O–H groups in total. The Bertz CT molecular complexity index is 711. The van der Waals surface area contributed by atoms with Crippen LogP contribution in [0.25, 0.3) is 22.4 Å². The summed E-state index contributed by atoms with van der Waals surface area (Å²) in [6, 6.07) is 3.83. The van der Waals surface area contributed by atoms with Crippen molar-refractivity contribution in [2.45, 2.75) is 6.42 Å². The molecule has 0 saturated carbocycles. The molecule has 0 aliphatic carbocycles. The van der Waals surface area contributed by atoms with E-state index in [1.807, 2.05) is 12.1 Å². The molecule has 0 saturated heterocycles. The van der Waals surface area contributed by atoms with Crippen molar-refractivity contribution in [2.75, 3.05) is 13.2 Å². The van der Waals surface area contributed by atoms with Crippen molar-refractivity contribution in [1.29, 1.82) is 0 Å². The molecule has 1 aliphatic rings. The predicted molar refractivity (Wildman–Crippen MR) is 72.7 cm³/mol. The van der Waals surface area contributed by atoms with Crippen LogP contribution >= 0.6 is 0 Å². The Morgan fingerprint density at radius 1 is 1.00 bits per heavy atom. The molecule has 0 bridgehead atoms. The lowest BCUT2D eigenvalue weighted by atomic mass is 10.3. The third-order valence-electron chi connectivity index (χ3n) is 3.19. The predicted octanol–water partition coefficient (Wildman–Crippen LogP) is 2.18. The highest BCUT2D eigenvalue weighted by atomic mass is 16.5. The second-order valence-corrected chi connectivity index (χ2v) is 4.58. The molecule has 100 valence electrons. The molecule has 0 fully saturated rings. The van der Waals surface area contributed by atoms with Crippen LogP contribution in [0.1, 0.15) is 6.42 Å². The summed E-state index contributed by atoms with van der Waals surface area (Å²) in [7, 11) is 0. The van der Waals surface area contributed by atoms with Gasteiger partial charge in [0.05, 0.1) is 29.8 Å². The Labute approximate surface area is 114 Å². The van der Waals surface area contributed by atoms with E-state index in [4.69, 9.17) is 9.47 Å². The van der Waals surface area contributed by atoms with Crippen LogP contribution in [-0.4, -0.2) is 33.1 Å². The van der Waals surface area contributed by atoms with Crippen LogP contribution in [0.4, 0.5) is 0 Å². The molecule has 6 heteroatoms. The third kappa shape index (κ3) is 1.85. The Hall–Kier alpha value is -2.63. The number of nitrogens with one attached hydrogen (secondary N) is 1. The molecule has 0 amide bonds. The van der Waals surface area contributed by atoms with Gasteiger partial charge < -0.3 is 14.5 Å². The number of rotatable bonds is 1. The molecule has 0 radical (unpaired) electrons. The molecule has 0 atom stereocenters. The topological polar surface area (TPSA) is 72.9 Å². The molecule has 1 aromatic carbocycles. The summed E-state index contributed by atoms with van der Waals surface area (Å²) in [6.45, 7) is 1.34. The van der Waals surface area contributed by atoms with Crippen LogP contribution in [-0.2, 0) is 0 Å². The maximum Gasteiger partial charge on any atom is 0.163 e. The zero-order valence-corrected chi connectivity index (χ0v) is 10.7. The molecule has 0 spiro atoms. The first-order chi connectivity index (χ1) is 9.90. The quantitative estimate of drug-likeness (QED) is 0.732. The van der Waals surface area contributed by atoms with Gasteiger partial charge in [0.2, 0.25) is 0 Å². The summed E-state index contributed by atoms with van der Waals surface area (Å²) in [5, 5.41) is 0. The maximum atomic E-state index is 5.67. The highest BCUT2D eigenvalue weighted by Gasteiger charge is 2.14. The number of imidazole rings is 1. The fraction of sp³-hybridized carbons (Fsp3) is 0.214. The fourth-order valence-corrected chi connectivity index (χ4v) is 2.22. The Morgan fingerprint density at radius 2 is 1.75 bits per heavy atom. The molecule has 2 aromatic heterocycles. The minimum Gasteiger partial charge on any atom is -0.489 e. The lowest BCUT2D eigenvalue weighted by molar-refractivity contribution is 0.297. The van der Waals surface area contributed by atoms with Crippen LogP contribution in [0.15, 0.2) is 30.9 Å². The van der Waals surface area contributed by atoms with Crippen molar-refractivity contribution in [1.82, 2.24) is 19.9 Å². The maximum absolute atomic E-state index is 5.67. The van der Waals surface area contributed by atoms with E-state index < -0.39 is 0 Å². The van der Waals surface area contributed by atoms with Gasteiger partial charge in [-0.2, -0.15) is 0 Å². The summed E-state index contributed by atoms with van der Waals surface area (Å²) in [4.78, 5) is 15.8. The number of hydrogen-bond donors (Lipinski definition) is 1. The standard InChI is InChI=1S/C14H12N4O2/c1-2-19-12-4-10-11(5-13(12)20-3-1)18-14(17-10)9-6-15-8-16-7-9/h4-8H,1-3H2,(H,17,18). The van der Waals surface area contributed by atoms with E-state index in [0.717, 1.165) is 40.3 Å². The van der Waals surface area contributed by atoms with Crippen LogP contribution in [0.3, 0.4) is 0 Å². The normalized spacial score (nSPS) is 14.2. The molecule has 0 unspecified atom stereocenters. The summed E-state index contributed by atoms with van der Waals surface area (Å²) in [5.41, 5.74) is 2.60. The van der Waals surface area contributed by atoms with E-state index in [9.17, 15) is 0 Å². The summed E-state index contributed by atoms with van der Waals surface area (Å²) in [6.07, 6.45) is 5.84. The van der Waals surface area contributed by atoms with Crippen molar-refractivity contribution in [2.24, 2.45) is 0 Å². The number of fused-ring (bicyclic) bond motifs is 2. The monoisotopic (exact) mass is 268 g/mol. The molecule has 4 rings (SSSR count). The van der Waals surface area contributed by atoms with Crippen molar-refractivity contribution in [3.8, 4) is 22.9 Å². The summed E-state index contributed by atoms with van der Waals surface area (Å²) in [5.74, 6) is 2.24. The summed E-state index contributed by atoms with van der Waals surface area (Å²) >= 11 is 0. The van der Waals surface area contributed by atoms with E-state index in [1.165, 1.54) is 6.33 Å². The molecule has 3 aromatic rings. The zero-order valence-electron chi connectivity index (χ0n) is 10.7. The molecule has 6 nitrogen and oxygen atoms in total. The number of hydrogen-bond acceptors (Lipinski definition) is 5. The third-order valence-corrected chi connectivity index (χ3v) is 3.19. The van der Waals surface area contributed by atoms with Gasteiger partial charge in [-0.05, 0) is 0 Å². The number of aromatic nitrogens is 4. The molecular formula is C14H12N4O2. The van der Waals surface area contributed by atoms with Gasteiger partial charge in [-0.3, -0.25) is 0 Å². The second kappa shape index (κ2) is 4.48. The number of nitrogens with zero attached hydrogens (tertiary/aromatic N) is 3. The first-order valence-electron chi connectivity index (χ1n) is 6.45. The average Bonchev–Trinajstić information content (AvgIpc) is 2.76. The number of aromatic amines is 1. The van der Waals surface area contributed by atoms with Crippen LogP contribution in [0, 0.1) is 0 Å². The van der Waals surface area contributed by atoms with Gasteiger partial charge in [0.15, 0.2) is 11.5 Å². The Kier molecular flexibility index (Phi) is 2.51. The van der Waals surface area contributed by atoms with Gasteiger partial charge in [-0.15, -0.1) is 0 Å². The largest absolute Gasteiger partial charge is 0.489 e. The first-order valence-corrected chi connectivity index (χ1v) is 6.45. The van der Waals surface area contributed by atoms with Gasteiger partial charge >= 0.3 is 0 Å². The van der Waals surface area contributed by atoms with Gasteiger partial charge in [-0.1, -0.05) is 0 Å². The second-order valence-electron chi connectivity index (χ2n) is 4.58. The number of benzene rings is 1. The lowest BCUT2D eigenvalue weighted by Gasteiger charge is -2.05. The van der Waals surface area contributed by atoms with Gasteiger partial charge in [-0.25, -0.2) is 15.0 Å². The lowest BCUT2D eigenvalue weighted by Crippen LogP contribution is -1.97. The zero-order chi connectivity index (χ0) is 13.4. The number of ether oxygens (including phenoxy) is 2. The molecule has 20 heavy (non-hydrogen) atoms. The Balaban J connectivity index is 1.84. The van der Waals surface area contributed by atoms with Crippen LogP contribution < -0.4 is 9.47 Å². The van der Waals surface area contributed by atoms with Crippen LogP contribution in [0.2, 0.25) is 0 Å². The van der Waals surface area contributed by atoms with Crippen molar-refractivity contribution in [3.63, 3.8) is 0 Å². The highest BCUT2D eigenvalue weighted by Crippen LogP contribution is 2.34. The first kappa shape index (κ1) is 11.2. The minimum atomic E-state index is 0.669. The average molecular weight is 268 g/mol. The van der Waals surface area contributed by atoms with E-state index in [-0.39, 0.29) is 0 Å². The highest BCUT2D eigenvalue weighted by molar-refractivity contribution is 5.82. The van der Waals surface area contributed by atoms with E-state index in [1.54, 1.807) is 12.4 Å². The van der Waals surface area contributed by atoms with Crippen molar-refractivity contribution < 1.29 is 9.47 Å². The van der Waals surface area contributed by atoms with Gasteiger partial charge in [0.1, 0.15) is 12.2 Å². The Morgan fingerprint density at radius 3 is 2.55 bits per heavy atom. The summed E-state index contributed by atoms with van der Waals surface area (Å²) < 4.78 is 11.3. The molecule has 1 aliphatic heterocycles. The van der Waals surface area contributed by atoms with E-state index in [2.05, 4.69) is 19.9 Å². The van der Waals surface area contributed by atoms with Crippen LogP contribution in [0.5, 0.6) is 11.5 Å².